The Morgan fingerprint density at radius 3 is 2.59 bits per heavy atom. The van der Waals surface area contributed by atoms with Crippen LogP contribution in [0.1, 0.15) is 31.4 Å². The number of morpholine rings is 1. The van der Waals surface area contributed by atoms with Crippen molar-refractivity contribution in [3.8, 4) is 11.8 Å². The number of nitrogens with zero attached hydrogens (tertiary/aromatic N) is 6. The highest BCUT2D eigenvalue weighted by atomic mass is 16.5. The lowest BCUT2D eigenvalue weighted by Crippen LogP contribution is -2.36. The van der Waals surface area contributed by atoms with E-state index in [2.05, 4.69) is 42.5 Å². The third-order valence-electron chi connectivity index (χ3n) is 6.00. The van der Waals surface area contributed by atoms with E-state index < -0.39 is 0 Å². The van der Waals surface area contributed by atoms with Crippen molar-refractivity contribution in [2.45, 2.75) is 37.8 Å². The van der Waals surface area contributed by atoms with Gasteiger partial charge in [0.05, 0.1) is 24.8 Å². The van der Waals surface area contributed by atoms with Gasteiger partial charge < -0.3 is 19.7 Å². The van der Waals surface area contributed by atoms with Crippen LogP contribution in [-0.2, 0) is 4.74 Å². The number of anilines is 2. The standard InChI is InChI=1S/C23H25N7O2/c24-15-17-3-6-22(29-28-17)27-16-1-4-19(5-2-16)32-21-14-18(30-9-11-31-12-10-30)13-20-23(21)26-8-7-25-20/h3,6-8,13-14,16,19H,1-2,4-5,9-12H2,(H,27,29)/t16-,19+. The molecule has 0 atom stereocenters. The van der Waals surface area contributed by atoms with Crippen LogP contribution in [0.2, 0.25) is 0 Å². The number of fused-ring (bicyclic) bond motifs is 1. The molecule has 2 aliphatic rings. The molecule has 1 saturated carbocycles. The van der Waals surface area contributed by atoms with E-state index in [1.54, 1.807) is 24.5 Å². The fourth-order valence-corrected chi connectivity index (χ4v) is 4.31. The molecule has 1 saturated heterocycles. The molecule has 2 aromatic heterocycles. The number of hydrogen-bond donors (Lipinski definition) is 1. The van der Waals surface area contributed by atoms with E-state index in [-0.39, 0.29) is 6.10 Å². The highest BCUT2D eigenvalue weighted by Crippen LogP contribution is 2.33. The molecule has 9 heteroatoms. The van der Waals surface area contributed by atoms with Crippen LogP contribution in [-0.4, -0.2) is 58.6 Å². The zero-order valence-corrected chi connectivity index (χ0v) is 17.8. The molecule has 0 unspecified atom stereocenters. The Morgan fingerprint density at radius 2 is 1.84 bits per heavy atom. The molecular formula is C23H25N7O2. The molecule has 0 spiro atoms. The van der Waals surface area contributed by atoms with Crippen molar-refractivity contribution >= 4 is 22.5 Å². The van der Waals surface area contributed by atoms with Crippen LogP contribution in [0.25, 0.3) is 11.0 Å². The van der Waals surface area contributed by atoms with E-state index in [1.807, 2.05) is 6.07 Å². The summed E-state index contributed by atoms with van der Waals surface area (Å²) in [5.41, 5.74) is 3.08. The fourth-order valence-electron chi connectivity index (χ4n) is 4.31. The maximum Gasteiger partial charge on any atom is 0.163 e. The van der Waals surface area contributed by atoms with Crippen LogP contribution in [0.4, 0.5) is 11.5 Å². The summed E-state index contributed by atoms with van der Waals surface area (Å²) in [5, 5.41) is 20.2. The summed E-state index contributed by atoms with van der Waals surface area (Å²) in [6.45, 7) is 3.19. The van der Waals surface area contributed by atoms with Gasteiger partial charge in [0, 0.05) is 43.3 Å². The first-order valence-electron chi connectivity index (χ1n) is 11.0. The van der Waals surface area contributed by atoms with Gasteiger partial charge in [-0.25, -0.2) is 4.98 Å². The van der Waals surface area contributed by atoms with E-state index in [4.69, 9.17) is 14.7 Å². The lowest BCUT2D eigenvalue weighted by atomic mass is 9.93. The van der Waals surface area contributed by atoms with Crippen LogP contribution >= 0.6 is 0 Å². The Labute approximate surface area is 186 Å². The van der Waals surface area contributed by atoms with Gasteiger partial charge >= 0.3 is 0 Å². The average molecular weight is 432 g/mol. The monoisotopic (exact) mass is 431 g/mol. The van der Waals surface area contributed by atoms with Crippen LogP contribution in [0.3, 0.4) is 0 Å². The van der Waals surface area contributed by atoms with E-state index >= 15 is 0 Å². The minimum absolute atomic E-state index is 0.130. The average Bonchev–Trinajstić information content (AvgIpc) is 2.86. The highest BCUT2D eigenvalue weighted by molar-refractivity contribution is 5.85. The van der Waals surface area contributed by atoms with Gasteiger partial charge in [-0.1, -0.05) is 0 Å². The van der Waals surface area contributed by atoms with Crippen molar-refractivity contribution in [3.63, 3.8) is 0 Å². The van der Waals surface area contributed by atoms with E-state index in [1.165, 1.54) is 0 Å². The number of rotatable bonds is 5. The number of benzene rings is 1. The molecule has 3 aromatic rings. The van der Waals surface area contributed by atoms with Crippen molar-refractivity contribution in [2.24, 2.45) is 0 Å². The van der Waals surface area contributed by atoms with Gasteiger partial charge in [0.1, 0.15) is 23.2 Å². The van der Waals surface area contributed by atoms with Gasteiger partial charge in [0.15, 0.2) is 5.69 Å². The number of nitrogens with one attached hydrogen (secondary N) is 1. The molecule has 9 nitrogen and oxygen atoms in total. The topological polar surface area (TPSA) is 109 Å². The molecule has 1 aliphatic carbocycles. The van der Waals surface area contributed by atoms with Gasteiger partial charge in [-0.15, -0.1) is 10.2 Å². The second-order valence-electron chi connectivity index (χ2n) is 8.12. The van der Waals surface area contributed by atoms with Gasteiger partial charge in [0.2, 0.25) is 0 Å². The molecule has 5 rings (SSSR count). The van der Waals surface area contributed by atoms with Crippen molar-refractivity contribution in [3.05, 3.63) is 42.4 Å². The third-order valence-corrected chi connectivity index (χ3v) is 6.00. The van der Waals surface area contributed by atoms with Crippen molar-refractivity contribution < 1.29 is 9.47 Å². The van der Waals surface area contributed by atoms with E-state index in [0.717, 1.165) is 74.5 Å². The van der Waals surface area contributed by atoms with E-state index in [0.29, 0.717) is 17.6 Å². The summed E-state index contributed by atoms with van der Waals surface area (Å²) < 4.78 is 12.0. The molecule has 164 valence electrons. The lowest BCUT2D eigenvalue weighted by Gasteiger charge is -2.31. The Balaban J connectivity index is 1.26. The predicted octanol–water partition coefficient (Wildman–Crippen LogP) is 2.93. The maximum atomic E-state index is 8.85. The maximum absolute atomic E-state index is 8.85. The van der Waals surface area contributed by atoms with Gasteiger partial charge in [-0.2, -0.15) is 5.26 Å². The second-order valence-corrected chi connectivity index (χ2v) is 8.12. The SMILES string of the molecule is N#Cc1ccc(N[C@H]2CC[C@@H](Oc3cc(N4CCOCC4)cc4nccnc34)CC2)nn1. The first-order chi connectivity index (χ1) is 15.8. The summed E-state index contributed by atoms with van der Waals surface area (Å²) in [5.74, 6) is 1.50. The van der Waals surface area contributed by atoms with Crippen LogP contribution < -0.4 is 15.0 Å². The smallest absolute Gasteiger partial charge is 0.163 e. The molecule has 1 N–H and O–H groups in total. The molecule has 0 bridgehead atoms. The zero-order chi connectivity index (χ0) is 21.8. The van der Waals surface area contributed by atoms with Crippen LogP contribution in [0.15, 0.2) is 36.7 Å². The molecule has 1 aromatic carbocycles. The Morgan fingerprint density at radius 1 is 1.03 bits per heavy atom. The number of nitriles is 1. The second kappa shape index (κ2) is 9.32. The fraction of sp³-hybridized carbons (Fsp3) is 0.435. The Hall–Kier alpha value is -3.51. The van der Waals surface area contributed by atoms with Crippen molar-refractivity contribution in [1.82, 2.24) is 20.2 Å². The first kappa shape index (κ1) is 20.4. The molecular weight excluding hydrogens is 406 g/mol. The van der Waals surface area contributed by atoms with Crippen molar-refractivity contribution in [1.29, 1.82) is 5.26 Å². The molecule has 1 aliphatic heterocycles. The quantitative estimate of drug-likeness (QED) is 0.652. The highest BCUT2D eigenvalue weighted by Gasteiger charge is 2.24. The summed E-state index contributed by atoms with van der Waals surface area (Å²) in [6.07, 6.45) is 7.38. The molecule has 0 radical (unpaired) electrons. The number of ether oxygens (including phenoxy) is 2. The molecule has 32 heavy (non-hydrogen) atoms. The largest absolute Gasteiger partial charge is 0.488 e. The van der Waals surface area contributed by atoms with Crippen LogP contribution in [0, 0.1) is 11.3 Å². The molecule has 2 fully saturated rings. The minimum Gasteiger partial charge on any atom is -0.488 e. The third kappa shape index (κ3) is 4.55. The van der Waals surface area contributed by atoms with E-state index in [9.17, 15) is 0 Å². The summed E-state index contributed by atoms with van der Waals surface area (Å²) >= 11 is 0. The Bertz CT molecular complexity index is 1100. The molecule has 0 amide bonds. The lowest BCUT2D eigenvalue weighted by molar-refractivity contribution is 0.122. The zero-order valence-electron chi connectivity index (χ0n) is 17.8. The van der Waals surface area contributed by atoms with Gasteiger partial charge in [-0.3, -0.25) is 4.98 Å². The Kier molecular flexibility index (Phi) is 5.94. The van der Waals surface area contributed by atoms with Crippen molar-refractivity contribution in [2.75, 3.05) is 36.5 Å². The minimum atomic E-state index is 0.130. The summed E-state index contributed by atoms with van der Waals surface area (Å²) in [4.78, 5) is 11.4. The number of aromatic nitrogens is 4. The normalized spacial score (nSPS) is 21.2. The summed E-state index contributed by atoms with van der Waals surface area (Å²) in [6, 6.07) is 9.96. The van der Waals surface area contributed by atoms with Crippen LogP contribution in [0.5, 0.6) is 5.75 Å². The van der Waals surface area contributed by atoms with Gasteiger partial charge in [0.25, 0.3) is 0 Å². The number of hydrogen-bond acceptors (Lipinski definition) is 9. The molecule has 3 heterocycles. The van der Waals surface area contributed by atoms with Gasteiger partial charge in [-0.05, 0) is 43.9 Å². The predicted molar refractivity (Wildman–Crippen MR) is 120 cm³/mol. The summed E-state index contributed by atoms with van der Waals surface area (Å²) in [7, 11) is 0. The first-order valence-corrected chi connectivity index (χ1v) is 11.0.